The van der Waals surface area contributed by atoms with Crippen LogP contribution in [0.2, 0.25) is 0 Å². The summed E-state index contributed by atoms with van der Waals surface area (Å²) >= 11 is 0. The van der Waals surface area contributed by atoms with Gasteiger partial charge in [0.15, 0.2) is 5.92 Å². The van der Waals surface area contributed by atoms with E-state index in [4.69, 9.17) is 15.6 Å². The van der Waals surface area contributed by atoms with E-state index in [1.54, 1.807) is 45.0 Å². The number of hydrogen-bond donors (Lipinski definition) is 3. The summed E-state index contributed by atoms with van der Waals surface area (Å²) in [7, 11) is 0. The van der Waals surface area contributed by atoms with Crippen LogP contribution < -0.4 is 11.1 Å². The fourth-order valence-electron chi connectivity index (χ4n) is 2.57. The smallest absolute Gasteiger partial charge is 0.335 e. The summed E-state index contributed by atoms with van der Waals surface area (Å²) in [6, 6.07) is 13.5. The van der Waals surface area contributed by atoms with Gasteiger partial charge >= 0.3 is 11.9 Å². The lowest BCUT2D eigenvalue weighted by Crippen LogP contribution is -2.41. The van der Waals surface area contributed by atoms with E-state index in [0.29, 0.717) is 11.3 Å². The number of rotatable bonds is 6. The van der Waals surface area contributed by atoms with Crippen LogP contribution in [0.15, 0.2) is 54.6 Å². The van der Waals surface area contributed by atoms with Crippen LogP contribution >= 0.6 is 0 Å². The van der Waals surface area contributed by atoms with Gasteiger partial charge in [-0.15, -0.1) is 0 Å². The number of benzene rings is 2. The second-order valence-electron chi connectivity index (χ2n) is 7.32. The molecule has 0 heterocycles. The van der Waals surface area contributed by atoms with Gasteiger partial charge in [0.1, 0.15) is 5.60 Å². The molecule has 0 radical (unpaired) electrons. The van der Waals surface area contributed by atoms with Crippen molar-refractivity contribution in [2.45, 2.75) is 32.4 Å². The molecule has 1 amide bonds. The highest BCUT2D eigenvalue weighted by Crippen LogP contribution is 2.25. The summed E-state index contributed by atoms with van der Waals surface area (Å²) in [5.41, 5.74) is 6.51. The number of ether oxygens (including phenoxy) is 1. The number of aromatic carboxylic acids is 1. The largest absolute Gasteiger partial charge is 0.478 e. The van der Waals surface area contributed by atoms with E-state index >= 15 is 0 Å². The number of amides is 1. The third-order valence-electron chi connectivity index (χ3n) is 3.89. The Labute approximate surface area is 163 Å². The second kappa shape index (κ2) is 8.67. The van der Waals surface area contributed by atoms with Crippen molar-refractivity contribution in [3.63, 3.8) is 0 Å². The number of carboxylic acids is 1. The molecule has 0 spiro atoms. The van der Waals surface area contributed by atoms with E-state index in [0.717, 1.165) is 0 Å². The molecule has 2 rings (SSSR count). The van der Waals surface area contributed by atoms with Crippen LogP contribution in [0.3, 0.4) is 0 Å². The average Bonchev–Trinajstić information content (AvgIpc) is 2.61. The van der Waals surface area contributed by atoms with Crippen molar-refractivity contribution in [1.29, 1.82) is 0 Å². The average molecular weight is 384 g/mol. The summed E-state index contributed by atoms with van der Waals surface area (Å²) in [5, 5.41) is 11.6. The van der Waals surface area contributed by atoms with Gasteiger partial charge < -0.3 is 20.9 Å². The number of carboxylic acid groups (broad SMARTS) is 1. The van der Waals surface area contributed by atoms with Gasteiger partial charge in [0, 0.05) is 5.69 Å². The van der Waals surface area contributed by atoms with E-state index in [1.165, 1.54) is 24.3 Å². The number of nitrogens with one attached hydrogen (secondary N) is 1. The highest BCUT2D eigenvalue weighted by Gasteiger charge is 2.37. The Morgan fingerprint density at radius 1 is 1.00 bits per heavy atom. The van der Waals surface area contributed by atoms with Crippen LogP contribution in [0.4, 0.5) is 5.69 Å². The minimum absolute atomic E-state index is 0.0858. The number of anilines is 1. The lowest BCUT2D eigenvalue weighted by atomic mass is 9.92. The Morgan fingerprint density at radius 2 is 1.57 bits per heavy atom. The maximum absolute atomic E-state index is 12.9. The Hall–Kier alpha value is -3.19. The minimum atomic E-state index is -1.28. The molecule has 2 aromatic rings. The summed E-state index contributed by atoms with van der Waals surface area (Å²) in [5.74, 6) is -3.71. The van der Waals surface area contributed by atoms with Crippen molar-refractivity contribution >= 4 is 23.5 Å². The first kappa shape index (κ1) is 21.1. The SMILES string of the molecule is CC(C)(C)OC(=O)[C@H](C(=O)Nc1ccc(C(=O)O)cc1)[C@H](N)c1ccccc1. The van der Waals surface area contributed by atoms with Crippen LogP contribution in [-0.2, 0) is 14.3 Å². The molecule has 2 atom stereocenters. The van der Waals surface area contributed by atoms with Gasteiger partial charge in [-0.1, -0.05) is 30.3 Å². The zero-order chi connectivity index (χ0) is 20.9. The summed E-state index contributed by atoms with van der Waals surface area (Å²) in [6.07, 6.45) is 0. The van der Waals surface area contributed by atoms with Gasteiger partial charge in [0.2, 0.25) is 5.91 Å². The molecular formula is C21H24N2O5. The van der Waals surface area contributed by atoms with Crippen LogP contribution in [-0.4, -0.2) is 28.6 Å². The topological polar surface area (TPSA) is 119 Å². The molecule has 0 bridgehead atoms. The molecule has 0 aromatic heterocycles. The fourth-order valence-corrected chi connectivity index (χ4v) is 2.57. The van der Waals surface area contributed by atoms with Gasteiger partial charge in [-0.05, 0) is 50.6 Å². The highest BCUT2D eigenvalue weighted by molar-refractivity contribution is 6.05. The first-order valence-electron chi connectivity index (χ1n) is 8.76. The van der Waals surface area contributed by atoms with Crippen molar-refractivity contribution in [2.24, 2.45) is 11.7 Å². The normalized spacial score (nSPS) is 13.3. The quantitative estimate of drug-likeness (QED) is 0.520. The zero-order valence-electron chi connectivity index (χ0n) is 16.0. The second-order valence-corrected chi connectivity index (χ2v) is 7.32. The molecule has 28 heavy (non-hydrogen) atoms. The molecule has 0 aliphatic heterocycles. The van der Waals surface area contributed by atoms with E-state index in [1.807, 2.05) is 6.07 Å². The number of esters is 1. The van der Waals surface area contributed by atoms with Crippen molar-refractivity contribution in [1.82, 2.24) is 0 Å². The lowest BCUT2D eigenvalue weighted by molar-refractivity contribution is -0.162. The maximum Gasteiger partial charge on any atom is 0.335 e. The highest BCUT2D eigenvalue weighted by atomic mass is 16.6. The van der Waals surface area contributed by atoms with E-state index in [9.17, 15) is 14.4 Å². The number of carbonyl (C=O) groups is 3. The molecule has 0 fully saturated rings. The number of carbonyl (C=O) groups excluding carboxylic acids is 2. The number of hydrogen-bond acceptors (Lipinski definition) is 5. The van der Waals surface area contributed by atoms with Gasteiger partial charge in [-0.25, -0.2) is 4.79 Å². The lowest BCUT2D eigenvalue weighted by Gasteiger charge is -2.27. The monoisotopic (exact) mass is 384 g/mol. The molecule has 0 unspecified atom stereocenters. The number of nitrogens with two attached hydrogens (primary N) is 1. The van der Waals surface area contributed by atoms with Crippen molar-refractivity contribution in [2.75, 3.05) is 5.32 Å². The van der Waals surface area contributed by atoms with E-state index in [-0.39, 0.29) is 5.56 Å². The molecule has 7 nitrogen and oxygen atoms in total. The van der Waals surface area contributed by atoms with Gasteiger partial charge in [0.05, 0.1) is 11.6 Å². The van der Waals surface area contributed by atoms with Crippen molar-refractivity contribution in [3.05, 3.63) is 65.7 Å². The molecule has 0 saturated heterocycles. The fraction of sp³-hybridized carbons (Fsp3) is 0.286. The molecule has 0 aliphatic rings. The van der Waals surface area contributed by atoms with E-state index in [2.05, 4.69) is 5.32 Å². The predicted octanol–water partition coefficient (Wildman–Crippen LogP) is 2.98. The summed E-state index contributed by atoms with van der Waals surface area (Å²) in [4.78, 5) is 36.5. The van der Waals surface area contributed by atoms with Gasteiger partial charge in [-0.2, -0.15) is 0 Å². The molecule has 2 aromatic carbocycles. The molecule has 148 valence electrons. The van der Waals surface area contributed by atoms with Crippen molar-refractivity contribution < 1.29 is 24.2 Å². The van der Waals surface area contributed by atoms with Crippen LogP contribution in [0.5, 0.6) is 0 Å². The summed E-state index contributed by atoms with van der Waals surface area (Å²) < 4.78 is 5.39. The maximum atomic E-state index is 12.9. The van der Waals surface area contributed by atoms with E-state index < -0.39 is 35.4 Å². The molecule has 0 saturated carbocycles. The third-order valence-corrected chi connectivity index (χ3v) is 3.89. The summed E-state index contributed by atoms with van der Waals surface area (Å²) in [6.45, 7) is 5.12. The Kier molecular flexibility index (Phi) is 6.53. The molecule has 0 aliphatic carbocycles. The molecular weight excluding hydrogens is 360 g/mol. The Bertz CT molecular complexity index is 841. The zero-order valence-corrected chi connectivity index (χ0v) is 16.0. The Balaban J connectivity index is 2.27. The molecule has 4 N–H and O–H groups in total. The van der Waals surface area contributed by atoms with Crippen molar-refractivity contribution in [3.8, 4) is 0 Å². The van der Waals surface area contributed by atoms with Gasteiger partial charge in [-0.3, -0.25) is 9.59 Å². The molecule has 7 heteroatoms. The Morgan fingerprint density at radius 3 is 2.07 bits per heavy atom. The standard InChI is InChI=1S/C21H24N2O5/c1-21(2,3)28-20(27)16(17(22)13-7-5-4-6-8-13)18(24)23-15-11-9-14(10-12-15)19(25)26/h4-12,16-17H,22H2,1-3H3,(H,23,24)(H,25,26)/t16-,17+/m0/s1. The van der Waals surface area contributed by atoms with Crippen LogP contribution in [0, 0.1) is 5.92 Å². The minimum Gasteiger partial charge on any atom is -0.478 e. The third kappa shape index (κ3) is 5.65. The first-order valence-corrected chi connectivity index (χ1v) is 8.76. The first-order chi connectivity index (χ1) is 13.1. The van der Waals surface area contributed by atoms with Crippen LogP contribution in [0.25, 0.3) is 0 Å². The predicted molar refractivity (Wildman–Crippen MR) is 105 cm³/mol. The van der Waals surface area contributed by atoms with Gasteiger partial charge in [0.25, 0.3) is 0 Å². The van der Waals surface area contributed by atoms with Crippen LogP contribution in [0.1, 0.15) is 42.7 Å².